The molecular weight excluding hydrogens is 211 g/mol. The first-order chi connectivity index (χ1) is 6.90. The fraction of sp³-hybridized carbons (Fsp3) is 1.00. The molecule has 0 saturated heterocycles. The monoisotopic (exact) mass is 224 g/mol. The summed E-state index contributed by atoms with van der Waals surface area (Å²) in [6.07, 6.45) is -6.96. The molecule has 0 spiro atoms. The van der Waals surface area contributed by atoms with Gasteiger partial charge in [-0.3, -0.25) is 0 Å². The van der Waals surface area contributed by atoms with Gasteiger partial charge in [0.25, 0.3) is 0 Å². The lowest BCUT2D eigenvalue weighted by Crippen LogP contribution is -2.52. The van der Waals surface area contributed by atoms with Crippen LogP contribution in [0.1, 0.15) is 0 Å². The molecule has 8 nitrogen and oxygen atoms in total. The van der Waals surface area contributed by atoms with Gasteiger partial charge in [-0.1, -0.05) is 0 Å². The predicted molar refractivity (Wildman–Crippen MR) is 42.8 cm³/mol. The lowest BCUT2D eigenvalue weighted by molar-refractivity contribution is -0.383. The normalized spacial score (nSPS) is 19.4. The molecule has 9 heteroatoms. The van der Waals surface area contributed by atoms with Crippen LogP contribution in [0.2, 0.25) is 0 Å². The van der Waals surface area contributed by atoms with E-state index in [-0.39, 0.29) is 0 Å². The van der Waals surface area contributed by atoms with Gasteiger partial charge in [-0.25, -0.2) is 0 Å². The average molecular weight is 224 g/mol. The molecule has 0 aromatic heterocycles. The quantitative estimate of drug-likeness (QED) is 0.267. The van der Waals surface area contributed by atoms with Gasteiger partial charge in [0.15, 0.2) is 0 Å². The molecule has 0 rings (SSSR count). The molecule has 0 amide bonds. The van der Waals surface area contributed by atoms with E-state index in [2.05, 4.69) is 4.65 Å². The van der Waals surface area contributed by atoms with E-state index in [0.717, 1.165) is 0 Å². The first-order valence-electron chi connectivity index (χ1n) is 4.16. The molecule has 0 aromatic carbocycles. The van der Waals surface area contributed by atoms with Crippen LogP contribution >= 0.6 is 0 Å². The van der Waals surface area contributed by atoms with E-state index >= 15 is 0 Å². The lowest BCUT2D eigenvalue weighted by Gasteiger charge is -2.30. The lowest BCUT2D eigenvalue weighted by atomic mass is 10.0. The maximum atomic E-state index is 9.89. The van der Waals surface area contributed by atoms with Crippen LogP contribution in [0.3, 0.4) is 0 Å². The highest BCUT2D eigenvalue weighted by molar-refractivity contribution is 6.28. The zero-order chi connectivity index (χ0) is 12.0. The van der Waals surface area contributed by atoms with E-state index < -0.39 is 45.0 Å². The van der Waals surface area contributed by atoms with Crippen molar-refractivity contribution in [2.24, 2.45) is 0 Å². The van der Waals surface area contributed by atoms with Crippen molar-refractivity contribution in [3.63, 3.8) is 0 Å². The van der Waals surface area contributed by atoms with E-state index in [1.54, 1.807) is 0 Å². The molecule has 0 heterocycles. The van der Waals surface area contributed by atoms with Crippen LogP contribution in [0.15, 0.2) is 0 Å². The van der Waals surface area contributed by atoms with Crippen molar-refractivity contribution in [1.29, 1.82) is 0 Å². The second-order valence-electron chi connectivity index (χ2n) is 2.92. The minimum Gasteiger partial charge on any atom is -0.871 e. The first kappa shape index (κ1) is 14.7. The highest BCUT2D eigenvalue weighted by Crippen LogP contribution is 2.05. The Morgan fingerprint density at radius 2 is 1.47 bits per heavy atom. The molecule has 0 aliphatic carbocycles. The minimum absolute atomic E-state index is 0.770. The fourth-order valence-electron chi connectivity index (χ4n) is 0.839. The van der Waals surface area contributed by atoms with E-state index in [9.17, 15) is 10.0 Å². The SMILES string of the molecule is [O-]B([O-])OCC(O)C(O)C(O)C(O)CO. The van der Waals surface area contributed by atoms with Gasteiger partial charge in [-0.2, -0.15) is 0 Å². The Morgan fingerprint density at radius 3 is 1.87 bits per heavy atom. The topological polar surface area (TPSA) is 156 Å². The smallest absolute Gasteiger partial charge is 0.111 e. The van der Waals surface area contributed by atoms with Crippen LogP contribution in [0.4, 0.5) is 0 Å². The second-order valence-corrected chi connectivity index (χ2v) is 2.92. The highest BCUT2D eigenvalue weighted by atomic mass is 16.6. The van der Waals surface area contributed by atoms with Gasteiger partial charge in [0.05, 0.1) is 20.5 Å². The Balaban J connectivity index is 4.01. The van der Waals surface area contributed by atoms with Crippen LogP contribution in [-0.2, 0) is 4.65 Å². The average Bonchev–Trinajstić information content (AvgIpc) is 2.22. The molecule has 0 radical (unpaired) electrons. The summed E-state index contributed by atoms with van der Waals surface area (Å²) >= 11 is 0. The molecule has 5 N–H and O–H groups in total. The van der Waals surface area contributed by atoms with Gasteiger partial charge in [0.1, 0.15) is 24.4 Å². The van der Waals surface area contributed by atoms with Gasteiger partial charge in [-0.15, -0.1) is 0 Å². The maximum absolute atomic E-state index is 9.89. The molecule has 0 saturated carbocycles. The summed E-state index contributed by atoms with van der Waals surface area (Å²) in [6, 6.07) is 0. The summed E-state index contributed by atoms with van der Waals surface area (Å²) in [5.74, 6) is 0. The Hall–Kier alpha value is -0.255. The third kappa shape index (κ3) is 5.40. The van der Waals surface area contributed by atoms with Gasteiger partial charge in [0.2, 0.25) is 0 Å². The van der Waals surface area contributed by atoms with Gasteiger partial charge < -0.3 is 40.2 Å². The molecule has 0 aliphatic heterocycles. The Labute approximate surface area is 86.2 Å². The van der Waals surface area contributed by atoms with Crippen LogP contribution in [-0.4, -0.2) is 70.5 Å². The maximum Gasteiger partial charge on any atom is 0.111 e. The predicted octanol–water partition coefficient (Wildman–Crippen LogP) is -5.86. The largest absolute Gasteiger partial charge is 0.871 e. The van der Waals surface area contributed by atoms with Crippen molar-refractivity contribution < 1.29 is 40.2 Å². The number of rotatable bonds is 7. The molecule has 90 valence electrons. The number of aliphatic hydroxyl groups is 5. The summed E-state index contributed by atoms with van der Waals surface area (Å²) in [5.41, 5.74) is 0. The molecule has 4 unspecified atom stereocenters. The zero-order valence-electron chi connectivity index (χ0n) is 7.76. The highest BCUT2D eigenvalue weighted by Gasteiger charge is 2.29. The van der Waals surface area contributed by atoms with Crippen LogP contribution in [0.5, 0.6) is 0 Å². The second kappa shape index (κ2) is 7.09. The molecule has 0 aromatic rings. The number of hydrogen-bond acceptors (Lipinski definition) is 8. The van der Waals surface area contributed by atoms with Gasteiger partial charge in [-0.05, 0) is 0 Å². The fourth-order valence-corrected chi connectivity index (χ4v) is 0.839. The van der Waals surface area contributed by atoms with Crippen molar-refractivity contribution in [3.05, 3.63) is 0 Å². The van der Waals surface area contributed by atoms with Crippen molar-refractivity contribution >= 4 is 7.32 Å². The van der Waals surface area contributed by atoms with Crippen molar-refractivity contribution in [1.82, 2.24) is 0 Å². The number of hydrogen-bond donors (Lipinski definition) is 5. The molecule has 0 fully saturated rings. The van der Waals surface area contributed by atoms with E-state index in [0.29, 0.717) is 0 Å². The van der Waals surface area contributed by atoms with E-state index in [4.69, 9.17) is 25.5 Å². The van der Waals surface area contributed by atoms with Crippen molar-refractivity contribution in [2.75, 3.05) is 13.2 Å². The van der Waals surface area contributed by atoms with Crippen molar-refractivity contribution in [2.45, 2.75) is 24.4 Å². The first-order valence-corrected chi connectivity index (χ1v) is 4.16. The standard InChI is InChI=1S/C6H13BO8/c8-1-3(9)5(11)6(12)4(10)2-15-7(13)14/h3-6,8-12H,1-2H2/q-2. The van der Waals surface area contributed by atoms with Crippen molar-refractivity contribution in [3.8, 4) is 0 Å². The molecule has 15 heavy (non-hydrogen) atoms. The van der Waals surface area contributed by atoms with Crippen LogP contribution < -0.4 is 10.0 Å². The Kier molecular flexibility index (Phi) is 6.97. The molecule has 0 bridgehead atoms. The number of aliphatic hydroxyl groups excluding tert-OH is 5. The van der Waals surface area contributed by atoms with Crippen LogP contribution in [0.25, 0.3) is 0 Å². The summed E-state index contributed by atoms with van der Waals surface area (Å²) < 4.78 is 3.91. The van der Waals surface area contributed by atoms with E-state index in [1.165, 1.54) is 0 Å². The zero-order valence-corrected chi connectivity index (χ0v) is 7.76. The third-order valence-corrected chi connectivity index (χ3v) is 1.73. The third-order valence-electron chi connectivity index (χ3n) is 1.73. The summed E-state index contributed by atoms with van der Waals surface area (Å²) in [5, 5.41) is 64.4. The van der Waals surface area contributed by atoms with Gasteiger partial charge >= 0.3 is 0 Å². The molecule has 4 atom stereocenters. The Bertz CT molecular complexity index is 167. The minimum atomic E-state index is -2.60. The van der Waals surface area contributed by atoms with Crippen LogP contribution in [0, 0.1) is 0 Å². The summed E-state index contributed by atoms with van der Waals surface area (Å²) in [4.78, 5) is 0. The van der Waals surface area contributed by atoms with Gasteiger partial charge in [0, 0.05) is 0 Å². The Morgan fingerprint density at radius 1 is 1.00 bits per heavy atom. The molecule has 0 aliphatic rings. The summed E-state index contributed by atoms with van der Waals surface area (Å²) in [6.45, 7) is -1.58. The molecular formula is C6H13BO8-2. The summed E-state index contributed by atoms with van der Waals surface area (Å²) in [7, 11) is -2.60. The van der Waals surface area contributed by atoms with E-state index in [1.807, 2.05) is 0 Å².